The smallest absolute Gasteiger partial charge is 0.416 e. The molecule has 0 bridgehead atoms. The Morgan fingerprint density at radius 2 is 1.89 bits per heavy atom. The Labute approximate surface area is 215 Å². The molecule has 0 saturated carbocycles. The summed E-state index contributed by atoms with van der Waals surface area (Å²) in [6.45, 7) is 1.56. The fraction of sp³-hybridized carbons (Fsp3) is 0.222. The number of hydrogen-bond acceptors (Lipinski definition) is 6. The first-order chi connectivity index (χ1) is 18.4. The van der Waals surface area contributed by atoms with E-state index < -0.39 is 11.7 Å². The third kappa shape index (κ3) is 6.12. The van der Waals surface area contributed by atoms with Crippen LogP contribution in [0.3, 0.4) is 0 Å². The van der Waals surface area contributed by atoms with E-state index in [1.54, 1.807) is 18.3 Å². The number of ether oxygens (including phenoxy) is 1. The molecule has 0 spiro atoms. The topological polar surface area (TPSA) is 91.1 Å². The molecule has 3 heterocycles. The Morgan fingerprint density at radius 1 is 1.05 bits per heavy atom. The molecule has 0 atom stereocenters. The second-order valence-corrected chi connectivity index (χ2v) is 8.58. The second-order valence-electron chi connectivity index (χ2n) is 8.58. The Morgan fingerprint density at radius 3 is 2.68 bits per heavy atom. The van der Waals surface area contributed by atoms with Crippen molar-refractivity contribution < 1.29 is 27.4 Å². The first-order valence-electron chi connectivity index (χ1n) is 11.9. The third-order valence-electron chi connectivity index (χ3n) is 5.87. The number of aliphatic hydroxyl groups is 1. The lowest BCUT2D eigenvalue weighted by atomic mass is 10.1. The number of rotatable bonds is 10. The van der Waals surface area contributed by atoms with E-state index in [1.807, 2.05) is 39.8 Å². The minimum Gasteiger partial charge on any atom is -0.487 e. The number of alkyl halides is 3. The van der Waals surface area contributed by atoms with Crippen molar-refractivity contribution in [3.63, 3.8) is 0 Å². The molecule has 5 aromatic rings. The van der Waals surface area contributed by atoms with Gasteiger partial charge in [-0.05, 0) is 48.4 Å². The Kier molecular flexibility index (Phi) is 7.27. The molecule has 38 heavy (non-hydrogen) atoms. The zero-order valence-electron chi connectivity index (χ0n) is 20.2. The highest BCUT2D eigenvalue weighted by Gasteiger charge is 2.29. The normalized spacial score (nSPS) is 12.1. The third-order valence-corrected chi connectivity index (χ3v) is 5.87. The van der Waals surface area contributed by atoms with Gasteiger partial charge in [-0.2, -0.15) is 18.3 Å². The molecule has 5 rings (SSSR count). The summed E-state index contributed by atoms with van der Waals surface area (Å²) in [7, 11) is 0. The first kappa shape index (κ1) is 25.3. The maximum atomic E-state index is 12.7. The van der Waals surface area contributed by atoms with Crippen molar-refractivity contribution in [3.8, 4) is 5.75 Å². The Hall–Kier alpha value is -4.38. The van der Waals surface area contributed by atoms with Crippen LogP contribution in [0, 0.1) is 0 Å². The van der Waals surface area contributed by atoms with Crippen molar-refractivity contribution in [1.29, 1.82) is 0 Å². The molecule has 2 aromatic carbocycles. The number of halogens is 3. The lowest BCUT2D eigenvalue weighted by Crippen LogP contribution is -2.07. The first-order valence-corrected chi connectivity index (χ1v) is 11.9. The van der Waals surface area contributed by atoms with Gasteiger partial charge in [0, 0.05) is 43.1 Å². The zero-order chi connectivity index (χ0) is 26.5. The minimum absolute atomic E-state index is 0.0868. The average molecular weight is 524 g/mol. The number of benzene rings is 2. The van der Waals surface area contributed by atoms with Gasteiger partial charge in [-0.1, -0.05) is 12.1 Å². The number of aromatic nitrogens is 5. The molecule has 0 unspecified atom stereocenters. The molecule has 0 saturated heterocycles. The molecule has 0 fully saturated rings. The van der Waals surface area contributed by atoms with Gasteiger partial charge in [-0.15, -0.1) is 0 Å². The van der Waals surface area contributed by atoms with Gasteiger partial charge in [0.25, 0.3) is 0 Å². The maximum Gasteiger partial charge on any atom is 0.416 e. The number of nitrogens with zero attached hydrogens (tertiary/aromatic N) is 5. The predicted octanol–water partition coefficient (Wildman–Crippen LogP) is 5.57. The van der Waals surface area contributed by atoms with E-state index in [4.69, 9.17) is 9.15 Å². The maximum absolute atomic E-state index is 12.7. The molecule has 3 aromatic heterocycles. The summed E-state index contributed by atoms with van der Waals surface area (Å²) in [5, 5.41) is 14.8. The Balaban J connectivity index is 1.14. The van der Waals surface area contributed by atoms with Crippen molar-refractivity contribution in [2.45, 2.75) is 38.9 Å². The largest absolute Gasteiger partial charge is 0.487 e. The molecule has 1 N–H and O–H groups in total. The van der Waals surface area contributed by atoms with Crippen LogP contribution in [0.4, 0.5) is 13.2 Å². The van der Waals surface area contributed by atoms with Crippen LogP contribution in [0.5, 0.6) is 5.75 Å². The summed E-state index contributed by atoms with van der Waals surface area (Å²) in [5.74, 6) is 1.63. The van der Waals surface area contributed by atoms with Gasteiger partial charge in [0.15, 0.2) is 0 Å². The van der Waals surface area contributed by atoms with Crippen LogP contribution in [-0.4, -0.2) is 29.4 Å². The van der Waals surface area contributed by atoms with Crippen LogP contribution < -0.4 is 4.74 Å². The van der Waals surface area contributed by atoms with E-state index >= 15 is 0 Å². The number of aryl methyl sites for hydroxylation is 2. The molecular formula is C27H24F3N5O3. The number of oxazole rings is 1. The molecule has 8 nitrogen and oxygen atoms in total. The van der Waals surface area contributed by atoms with E-state index in [1.165, 1.54) is 18.4 Å². The summed E-state index contributed by atoms with van der Waals surface area (Å²) >= 11 is 0. The summed E-state index contributed by atoms with van der Waals surface area (Å²) < 4.78 is 53.2. The van der Waals surface area contributed by atoms with Crippen molar-refractivity contribution in [2.24, 2.45) is 0 Å². The van der Waals surface area contributed by atoms with E-state index in [2.05, 4.69) is 15.1 Å². The quantitative estimate of drug-likeness (QED) is 0.257. The van der Waals surface area contributed by atoms with Crippen LogP contribution in [0.25, 0.3) is 23.1 Å². The number of hydrogen-bond donors (Lipinski definition) is 1. The molecule has 0 amide bonds. The van der Waals surface area contributed by atoms with Gasteiger partial charge in [-0.3, -0.25) is 4.68 Å². The molecule has 0 aliphatic heterocycles. The van der Waals surface area contributed by atoms with Crippen LogP contribution >= 0.6 is 0 Å². The highest BCUT2D eigenvalue weighted by molar-refractivity contribution is 5.79. The summed E-state index contributed by atoms with van der Waals surface area (Å²) in [5.41, 5.74) is 1.33. The predicted molar refractivity (Wildman–Crippen MR) is 134 cm³/mol. The van der Waals surface area contributed by atoms with Gasteiger partial charge in [0.2, 0.25) is 5.89 Å². The molecule has 196 valence electrons. The number of imidazole rings is 1. The van der Waals surface area contributed by atoms with Crippen molar-refractivity contribution in [3.05, 3.63) is 95.9 Å². The van der Waals surface area contributed by atoms with E-state index in [9.17, 15) is 18.3 Å². The summed E-state index contributed by atoms with van der Waals surface area (Å²) in [6.07, 6.45) is 6.65. The van der Waals surface area contributed by atoms with Gasteiger partial charge in [0.1, 0.15) is 36.7 Å². The minimum atomic E-state index is -4.36. The zero-order valence-corrected chi connectivity index (χ0v) is 20.2. The highest BCUT2D eigenvalue weighted by atomic mass is 19.4. The molecule has 0 radical (unpaired) electrons. The Bertz CT molecular complexity index is 1530. The molecular weight excluding hydrogens is 499 g/mol. The monoisotopic (exact) mass is 523 g/mol. The molecule has 0 aliphatic carbocycles. The van der Waals surface area contributed by atoms with Crippen LogP contribution in [0.1, 0.15) is 35.0 Å². The van der Waals surface area contributed by atoms with Gasteiger partial charge >= 0.3 is 6.18 Å². The second kappa shape index (κ2) is 10.9. The SMILES string of the molecule is OCc1nccn1CCCn1cc2cc(OCc3coc(/C=C/c4ccc(C(F)(F)F)cc4)n3)ccc2n1. The lowest BCUT2D eigenvalue weighted by Gasteiger charge is -2.05. The number of fused-ring (bicyclic) bond motifs is 1. The molecule has 0 aliphatic rings. The van der Waals surface area contributed by atoms with Crippen molar-refractivity contribution in [1.82, 2.24) is 24.3 Å². The van der Waals surface area contributed by atoms with E-state index in [-0.39, 0.29) is 13.2 Å². The highest BCUT2D eigenvalue weighted by Crippen LogP contribution is 2.29. The van der Waals surface area contributed by atoms with Gasteiger partial charge < -0.3 is 18.8 Å². The van der Waals surface area contributed by atoms with Crippen LogP contribution in [0.2, 0.25) is 0 Å². The van der Waals surface area contributed by atoms with Gasteiger partial charge in [-0.25, -0.2) is 9.97 Å². The fourth-order valence-electron chi connectivity index (χ4n) is 3.93. The lowest BCUT2D eigenvalue weighted by molar-refractivity contribution is -0.137. The summed E-state index contributed by atoms with van der Waals surface area (Å²) in [4.78, 5) is 8.44. The van der Waals surface area contributed by atoms with E-state index in [0.717, 1.165) is 42.5 Å². The summed E-state index contributed by atoms with van der Waals surface area (Å²) in [6, 6.07) is 10.5. The number of aliphatic hydroxyl groups excluding tert-OH is 1. The fourth-order valence-corrected chi connectivity index (χ4v) is 3.93. The van der Waals surface area contributed by atoms with Crippen LogP contribution in [-0.2, 0) is 32.5 Å². The van der Waals surface area contributed by atoms with E-state index in [0.29, 0.717) is 28.7 Å². The molecule has 11 heteroatoms. The standard InChI is InChI=1S/C27H24F3N5O3/c28-27(29,30)21-5-2-19(3-6-21)4-9-26-32-22(18-38-26)17-37-23-7-8-24-20(14-23)15-35(33-24)12-1-11-34-13-10-31-25(34)16-36/h2-10,13-15,18,36H,1,11-12,16-17H2/b9-4+. The van der Waals surface area contributed by atoms with Crippen LogP contribution in [0.15, 0.2) is 71.7 Å². The van der Waals surface area contributed by atoms with Gasteiger partial charge in [0.05, 0.1) is 11.1 Å². The van der Waals surface area contributed by atoms with Crippen molar-refractivity contribution in [2.75, 3.05) is 0 Å². The average Bonchev–Trinajstić information content (AvgIpc) is 3.65. The van der Waals surface area contributed by atoms with Crippen molar-refractivity contribution >= 4 is 23.1 Å².